The number of aromatic nitrogens is 1. The Labute approximate surface area is 102 Å². The van der Waals surface area contributed by atoms with Gasteiger partial charge in [0.1, 0.15) is 5.82 Å². The third-order valence-corrected chi connectivity index (χ3v) is 2.38. The highest BCUT2D eigenvalue weighted by atomic mass is 19.1. The minimum atomic E-state index is -0.887. The summed E-state index contributed by atoms with van der Waals surface area (Å²) in [5.74, 6) is -2.18. The molecular formula is C13H10F2N2O. The quantitative estimate of drug-likeness (QED) is 0.830. The van der Waals surface area contributed by atoms with Gasteiger partial charge in [-0.1, -0.05) is 6.07 Å². The number of nitrogens with zero attached hydrogens (tertiary/aromatic N) is 1. The zero-order chi connectivity index (χ0) is 13.1. The summed E-state index contributed by atoms with van der Waals surface area (Å²) < 4.78 is 26.7. The molecule has 0 aliphatic heterocycles. The first-order chi connectivity index (χ1) is 8.58. The average Bonchev–Trinajstić information content (AvgIpc) is 2.33. The van der Waals surface area contributed by atoms with E-state index in [9.17, 15) is 13.6 Å². The number of anilines is 1. The fourth-order valence-electron chi connectivity index (χ4n) is 1.47. The molecular weight excluding hydrogens is 238 g/mol. The van der Waals surface area contributed by atoms with Crippen LogP contribution in [0.5, 0.6) is 0 Å². The van der Waals surface area contributed by atoms with Gasteiger partial charge in [0.25, 0.3) is 5.91 Å². The second-order valence-electron chi connectivity index (χ2n) is 3.78. The van der Waals surface area contributed by atoms with Crippen LogP contribution in [0.2, 0.25) is 0 Å². The van der Waals surface area contributed by atoms with Crippen molar-refractivity contribution in [2.24, 2.45) is 0 Å². The van der Waals surface area contributed by atoms with Gasteiger partial charge in [-0.05, 0) is 36.8 Å². The number of halogens is 2. The molecule has 92 valence electrons. The van der Waals surface area contributed by atoms with Gasteiger partial charge in [0, 0.05) is 6.20 Å². The summed E-state index contributed by atoms with van der Waals surface area (Å²) in [4.78, 5) is 15.1. The summed E-state index contributed by atoms with van der Waals surface area (Å²) in [6.45, 7) is 1.73. The first kappa shape index (κ1) is 12.2. The Morgan fingerprint density at radius 2 is 2.06 bits per heavy atom. The molecule has 18 heavy (non-hydrogen) atoms. The average molecular weight is 248 g/mol. The molecule has 0 fully saturated rings. The lowest BCUT2D eigenvalue weighted by molar-refractivity contribution is 0.102. The van der Waals surface area contributed by atoms with Crippen molar-refractivity contribution >= 4 is 11.6 Å². The Balaban J connectivity index is 2.24. The second kappa shape index (κ2) is 4.91. The van der Waals surface area contributed by atoms with E-state index in [0.29, 0.717) is 0 Å². The summed E-state index contributed by atoms with van der Waals surface area (Å²) in [7, 11) is 0. The maximum Gasteiger partial charge on any atom is 0.260 e. The highest BCUT2D eigenvalue weighted by Crippen LogP contribution is 2.16. The molecule has 0 saturated heterocycles. The van der Waals surface area contributed by atoms with E-state index in [2.05, 4.69) is 10.3 Å². The monoisotopic (exact) mass is 248 g/mol. The summed E-state index contributed by atoms with van der Waals surface area (Å²) in [5, 5.41) is 2.30. The summed E-state index contributed by atoms with van der Waals surface area (Å²) in [5.41, 5.74) is 0.518. The van der Waals surface area contributed by atoms with E-state index in [0.717, 1.165) is 5.56 Å². The third-order valence-electron chi connectivity index (χ3n) is 2.38. The molecule has 0 spiro atoms. The molecule has 0 radical (unpaired) electrons. The number of hydrogen-bond donors (Lipinski definition) is 1. The number of rotatable bonds is 2. The van der Waals surface area contributed by atoms with Crippen molar-refractivity contribution in [1.29, 1.82) is 0 Å². The molecule has 0 saturated carbocycles. The van der Waals surface area contributed by atoms with Crippen LogP contribution < -0.4 is 5.32 Å². The normalized spacial score (nSPS) is 10.2. The maximum absolute atomic E-state index is 13.5. The van der Waals surface area contributed by atoms with Crippen LogP contribution in [0.3, 0.4) is 0 Å². The number of hydrogen-bond acceptors (Lipinski definition) is 2. The van der Waals surface area contributed by atoms with E-state index in [4.69, 9.17) is 0 Å². The van der Waals surface area contributed by atoms with Gasteiger partial charge in [0.2, 0.25) is 5.95 Å². The van der Waals surface area contributed by atoms with Crippen molar-refractivity contribution in [2.75, 3.05) is 5.32 Å². The maximum atomic E-state index is 13.5. The Hall–Kier alpha value is -2.30. The highest BCUT2D eigenvalue weighted by Gasteiger charge is 2.13. The summed E-state index contributed by atoms with van der Waals surface area (Å²) >= 11 is 0. The molecule has 5 heteroatoms. The van der Waals surface area contributed by atoms with Crippen molar-refractivity contribution in [2.45, 2.75) is 6.92 Å². The lowest BCUT2D eigenvalue weighted by Crippen LogP contribution is -2.15. The highest BCUT2D eigenvalue weighted by molar-refractivity contribution is 6.04. The fraction of sp³-hybridized carbons (Fsp3) is 0.0769. The second-order valence-corrected chi connectivity index (χ2v) is 3.78. The minimum absolute atomic E-state index is 0.00820. The van der Waals surface area contributed by atoms with Gasteiger partial charge in [-0.15, -0.1) is 0 Å². The van der Waals surface area contributed by atoms with Crippen LogP contribution in [0.25, 0.3) is 0 Å². The zero-order valence-electron chi connectivity index (χ0n) is 9.58. The van der Waals surface area contributed by atoms with Crippen molar-refractivity contribution in [3.63, 3.8) is 0 Å². The standard InChI is InChI=1S/C13H10F2N2O/c1-8-4-5-11(10(14)7-8)17-13(18)9-3-2-6-16-12(9)15/h2-7H,1H3,(H,17,18). The molecule has 2 rings (SSSR count). The Kier molecular flexibility index (Phi) is 3.32. The van der Waals surface area contributed by atoms with Crippen LogP contribution in [-0.2, 0) is 0 Å². The van der Waals surface area contributed by atoms with Crippen molar-refractivity contribution in [3.05, 3.63) is 59.4 Å². The molecule has 2 aromatic rings. The van der Waals surface area contributed by atoms with E-state index in [1.807, 2.05) is 0 Å². The van der Waals surface area contributed by atoms with Gasteiger partial charge in [-0.2, -0.15) is 4.39 Å². The van der Waals surface area contributed by atoms with Gasteiger partial charge in [0.15, 0.2) is 0 Å². The molecule has 1 aromatic heterocycles. The molecule has 0 aliphatic carbocycles. The summed E-state index contributed by atoms with van der Waals surface area (Å²) in [6.07, 6.45) is 1.23. The minimum Gasteiger partial charge on any atom is -0.319 e. The van der Waals surface area contributed by atoms with E-state index in [1.165, 1.54) is 30.5 Å². The lowest BCUT2D eigenvalue weighted by Gasteiger charge is -2.07. The number of pyridine rings is 1. The van der Waals surface area contributed by atoms with Crippen LogP contribution in [0, 0.1) is 18.7 Å². The summed E-state index contributed by atoms with van der Waals surface area (Å²) in [6, 6.07) is 7.08. The molecule has 3 nitrogen and oxygen atoms in total. The smallest absolute Gasteiger partial charge is 0.260 e. The van der Waals surface area contributed by atoms with Crippen molar-refractivity contribution < 1.29 is 13.6 Å². The zero-order valence-corrected chi connectivity index (χ0v) is 9.58. The van der Waals surface area contributed by atoms with Gasteiger partial charge in [-0.25, -0.2) is 9.37 Å². The van der Waals surface area contributed by atoms with Crippen LogP contribution in [0.15, 0.2) is 36.5 Å². The molecule has 1 heterocycles. The van der Waals surface area contributed by atoms with E-state index in [1.54, 1.807) is 13.0 Å². The third kappa shape index (κ3) is 2.51. The number of carbonyl (C=O) groups is 1. The van der Waals surface area contributed by atoms with Crippen LogP contribution in [0.1, 0.15) is 15.9 Å². The first-order valence-corrected chi connectivity index (χ1v) is 5.26. The number of amides is 1. The largest absolute Gasteiger partial charge is 0.319 e. The van der Waals surface area contributed by atoms with Crippen LogP contribution in [0.4, 0.5) is 14.5 Å². The fourth-order valence-corrected chi connectivity index (χ4v) is 1.47. The number of carbonyl (C=O) groups excluding carboxylic acids is 1. The molecule has 1 amide bonds. The Morgan fingerprint density at radius 3 is 2.72 bits per heavy atom. The number of aryl methyl sites for hydroxylation is 1. The molecule has 0 atom stereocenters. The lowest BCUT2D eigenvalue weighted by atomic mass is 10.2. The number of nitrogens with one attached hydrogen (secondary N) is 1. The van der Waals surface area contributed by atoms with Gasteiger partial charge < -0.3 is 5.32 Å². The van der Waals surface area contributed by atoms with Gasteiger partial charge in [0.05, 0.1) is 11.3 Å². The van der Waals surface area contributed by atoms with Crippen molar-refractivity contribution in [3.8, 4) is 0 Å². The predicted octanol–water partition coefficient (Wildman–Crippen LogP) is 2.92. The SMILES string of the molecule is Cc1ccc(NC(=O)c2cccnc2F)c(F)c1. The molecule has 0 unspecified atom stereocenters. The first-order valence-electron chi connectivity index (χ1n) is 5.26. The molecule has 0 bridgehead atoms. The van der Waals surface area contributed by atoms with Gasteiger partial charge in [-0.3, -0.25) is 4.79 Å². The van der Waals surface area contributed by atoms with Gasteiger partial charge >= 0.3 is 0 Å². The topological polar surface area (TPSA) is 42.0 Å². The van der Waals surface area contributed by atoms with Crippen LogP contribution in [-0.4, -0.2) is 10.9 Å². The van der Waals surface area contributed by atoms with Crippen molar-refractivity contribution in [1.82, 2.24) is 4.98 Å². The van der Waals surface area contributed by atoms with E-state index >= 15 is 0 Å². The predicted molar refractivity (Wildman–Crippen MR) is 63.3 cm³/mol. The van der Waals surface area contributed by atoms with Crippen LogP contribution >= 0.6 is 0 Å². The van der Waals surface area contributed by atoms with E-state index < -0.39 is 17.7 Å². The Morgan fingerprint density at radius 1 is 1.28 bits per heavy atom. The molecule has 0 aliphatic rings. The Bertz CT molecular complexity index is 599. The number of benzene rings is 1. The molecule has 1 N–H and O–H groups in total. The molecule has 1 aromatic carbocycles. The van der Waals surface area contributed by atoms with E-state index in [-0.39, 0.29) is 11.3 Å².